The molecule has 0 aliphatic rings. The summed E-state index contributed by atoms with van der Waals surface area (Å²) in [4.78, 5) is 0. The maximum absolute atomic E-state index is 9.06. The van der Waals surface area contributed by atoms with Gasteiger partial charge in [0.25, 0.3) is 0 Å². The van der Waals surface area contributed by atoms with Crippen LogP contribution in [-0.4, -0.2) is 0 Å². The van der Waals surface area contributed by atoms with Crippen LogP contribution in [0.25, 0.3) is 65.7 Å². The molecule has 7 rings (SSSR count). The predicted molar refractivity (Wildman–Crippen MR) is 140 cm³/mol. The molecule has 0 amide bonds. The molecule has 0 bridgehead atoms. The van der Waals surface area contributed by atoms with E-state index in [4.69, 9.17) is 27.7 Å². The van der Waals surface area contributed by atoms with Crippen LogP contribution in [0.15, 0.2) is 125 Å². The lowest BCUT2D eigenvalue weighted by molar-refractivity contribution is 0.669. The molecule has 0 saturated carbocycles. The topological polar surface area (TPSA) is 13.1 Å². The van der Waals surface area contributed by atoms with Gasteiger partial charge in [0, 0.05) is 10.8 Å². The van der Waals surface area contributed by atoms with Gasteiger partial charge in [-0.05, 0) is 62.0 Å². The van der Waals surface area contributed by atoms with Crippen LogP contribution in [0.5, 0.6) is 0 Å². The third kappa shape index (κ3) is 2.73. The van der Waals surface area contributed by atoms with E-state index >= 15 is 0 Å². The Bertz CT molecular complexity index is 2620. The van der Waals surface area contributed by atoms with Gasteiger partial charge >= 0.3 is 0 Å². The van der Waals surface area contributed by atoms with Crippen LogP contribution < -0.4 is 0 Å². The Morgan fingerprint density at radius 2 is 0.939 bits per heavy atom. The van der Waals surface area contributed by atoms with E-state index in [1.54, 1.807) is 0 Å². The van der Waals surface area contributed by atoms with E-state index in [1.165, 1.54) is 18.2 Å². The van der Waals surface area contributed by atoms with Gasteiger partial charge in [0.05, 0.1) is 23.3 Å². The SMILES string of the molecule is [2H]c1c([2H])c([2H])c(-c2c3c([2H])c([2H])c([2H])c([2H])c3c(-c3ccc4c(c3)oc3c([2H])c([2H])c([2H])c([2H])c34)c3c([2H])c([2H])c([2H])c([2H])c23)c([2H])c1[2H]. The maximum Gasteiger partial charge on any atom is 0.136 e. The molecule has 6 aromatic carbocycles. The van der Waals surface area contributed by atoms with Crippen LogP contribution in [-0.2, 0) is 0 Å². The second kappa shape index (κ2) is 7.08. The van der Waals surface area contributed by atoms with Crippen molar-refractivity contribution in [2.75, 3.05) is 0 Å². The largest absolute Gasteiger partial charge is 0.456 e. The van der Waals surface area contributed by atoms with Crippen LogP contribution in [0.1, 0.15) is 23.3 Å². The summed E-state index contributed by atoms with van der Waals surface area (Å²) in [6.07, 6.45) is 0. The predicted octanol–water partition coefficient (Wildman–Crippen LogP) is 9.23. The van der Waals surface area contributed by atoms with Gasteiger partial charge in [-0.15, -0.1) is 0 Å². The summed E-state index contributed by atoms with van der Waals surface area (Å²) in [5.74, 6) is 0. The molecular formula is C32H20O. The van der Waals surface area contributed by atoms with Crippen molar-refractivity contribution in [2.24, 2.45) is 0 Å². The van der Waals surface area contributed by atoms with Gasteiger partial charge < -0.3 is 4.42 Å². The molecule has 1 heteroatoms. The third-order valence-electron chi connectivity index (χ3n) is 5.53. The fraction of sp³-hybridized carbons (Fsp3) is 0. The van der Waals surface area contributed by atoms with E-state index in [-0.39, 0.29) is 60.7 Å². The summed E-state index contributed by atoms with van der Waals surface area (Å²) in [6, 6.07) is -6.78. The smallest absolute Gasteiger partial charge is 0.136 e. The monoisotopic (exact) mass is 437 g/mol. The van der Waals surface area contributed by atoms with E-state index in [1.807, 2.05) is 0 Å². The van der Waals surface area contributed by atoms with Gasteiger partial charge in [-0.3, -0.25) is 0 Å². The lowest BCUT2D eigenvalue weighted by Crippen LogP contribution is -1.90. The molecule has 1 aromatic heterocycles. The van der Waals surface area contributed by atoms with E-state index in [0.29, 0.717) is 0 Å². The zero-order valence-electron chi connectivity index (χ0n) is 33.6. The van der Waals surface area contributed by atoms with Crippen LogP contribution >= 0.6 is 0 Å². The summed E-state index contributed by atoms with van der Waals surface area (Å²) >= 11 is 0. The van der Waals surface area contributed by atoms with Crippen LogP contribution in [0.4, 0.5) is 0 Å². The first-order chi connectivity index (χ1) is 23.4. The molecule has 0 aliphatic carbocycles. The van der Waals surface area contributed by atoms with Gasteiger partial charge in [0.2, 0.25) is 0 Å². The highest BCUT2D eigenvalue weighted by Crippen LogP contribution is 2.44. The number of furan rings is 1. The van der Waals surface area contributed by atoms with Crippen molar-refractivity contribution in [2.45, 2.75) is 0 Å². The molecule has 0 N–H and O–H groups in total. The van der Waals surface area contributed by atoms with E-state index in [0.717, 1.165) is 0 Å². The standard InChI is InChI=1S/C32H20O/c1-2-10-21(11-3-1)31-25-13-4-6-15-27(25)32(28-16-7-5-14-26(28)31)22-18-19-24-23-12-8-9-17-29(23)33-30(24)20-22/h1-20H/i1D,2D,3D,4D,5D,6D,7D,8D,9D,10D,11D,12D,13D,14D,15D,16D,17D. The normalized spacial score (nSPS) is 18.8. The highest BCUT2D eigenvalue weighted by atomic mass is 16.3. The molecule has 33 heavy (non-hydrogen) atoms. The molecule has 0 radical (unpaired) electrons. The summed E-state index contributed by atoms with van der Waals surface area (Å²) in [5, 5.41) is -0.876. The number of rotatable bonds is 2. The Morgan fingerprint density at radius 1 is 0.424 bits per heavy atom. The number of hydrogen-bond donors (Lipinski definition) is 0. The summed E-state index contributed by atoms with van der Waals surface area (Å²) in [7, 11) is 0. The average molecular weight is 438 g/mol. The van der Waals surface area contributed by atoms with Crippen molar-refractivity contribution in [3.63, 3.8) is 0 Å². The third-order valence-corrected chi connectivity index (χ3v) is 5.53. The number of fused-ring (bicyclic) bond motifs is 5. The highest BCUT2D eigenvalue weighted by Gasteiger charge is 2.17. The van der Waals surface area contributed by atoms with Gasteiger partial charge in [-0.1, -0.05) is 103 Å². The second-order valence-electron chi connectivity index (χ2n) is 7.27. The minimum Gasteiger partial charge on any atom is -0.456 e. The van der Waals surface area contributed by atoms with Crippen molar-refractivity contribution >= 4 is 43.5 Å². The second-order valence-corrected chi connectivity index (χ2v) is 7.27. The Labute approximate surface area is 215 Å². The molecular weight excluding hydrogens is 400 g/mol. The van der Waals surface area contributed by atoms with Crippen molar-refractivity contribution < 1.29 is 27.7 Å². The van der Waals surface area contributed by atoms with Crippen molar-refractivity contribution in [3.05, 3.63) is 121 Å². The number of benzene rings is 6. The van der Waals surface area contributed by atoms with Crippen molar-refractivity contribution in [1.82, 2.24) is 0 Å². The Kier molecular flexibility index (Phi) is 1.76. The summed E-state index contributed by atoms with van der Waals surface area (Å²) < 4.78 is 151. The van der Waals surface area contributed by atoms with E-state index < -0.39 is 108 Å². The first-order valence-electron chi connectivity index (χ1n) is 18.4. The molecule has 0 saturated heterocycles. The Balaban J connectivity index is 1.80. The summed E-state index contributed by atoms with van der Waals surface area (Å²) in [6.45, 7) is 0. The Hall–Kier alpha value is -4.36. The molecule has 154 valence electrons. The zero-order chi connectivity index (χ0) is 36.6. The molecule has 0 fully saturated rings. The van der Waals surface area contributed by atoms with Gasteiger partial charge in [0.15, 0.2) is 0 Å². The first-order valence-corrected chi connectivity index (χ1v) is 9.90. The van der Waals surface area contributed by atoms with Crippen molar-refractivity contribution in [3.8, 4) is 22.3 Å². The van der Waals surface area contributed by atoms with E-state index in [2.05, 4.69) is 0 Å². The molecule has 1 nitrogen and oxygen atoms in total. The Morgan fingerprint density at radius 3 is 1.58 bits per heavy atom. The molecule has 0 unspecified atom stereocenters. The lowest BCUT2D eigenvalue weighted by atomic mass is 9.86. The average Bonchev–Trinajstić information content (AvgIpc) is 3.49. The first kappa shape index (κ1) is 8.20. The van der Waals surface area contributed by atoms with Crippen LogP contribution in [0.2, 0.25) is 0 Å². The minimum atomic E-state index is -0.766. The van der Waals surface area contributed by atoms with Crippen LogP contribution in [0, 0.1) is 0 Å². The van der Waals surface area contributed by atoms with E-state index in [9.17, 15) is 0 Å². The van der Waals surface area contributed by atoms with Gasteiger partial charge in [-0.25, -0.2) is 0 Å². The lowest BCUT2D eigenvalue weighted by Gasteiger charge is -2.17. The highest BCUT2D eigenvalue weighted by molar-refractivity contribution is 6.22. The summed E-state index contributed by atoms with van der Waals surface area (Å²) in [5.41, 5.74) is -1.01. The fourth-order valence-corrected chi connectivity index (χ4v) is 4.18. The molecule has 0 aliphatic heterocycles. The fourth-order valence-electron chi connectivity index (χ4n) is 4.18. The quantitative estimate of drug-likeness (QED) is 0.246. The minimum absolute atomic E-state index is 0.0437. The van der Waals surface area contributed by atoms with Gasteiger partial charge in [-0.2, -0.15) is 0 Å². The molecule has 0 atom stereocenters. The zero-order valence-corrected chi connectivity index (χ0v) is 16.6. The van der Waals surface area contributed by atoms with Gasteiger partial charge in [0.1, 0.15) is 11.2 Å². The van der Waals surface area contributed by atoms with Crippen molar-refractivity contribution in [1.29, 1.82) is 0 Å². The molecule has 1 heterocycles. The molecule has 0 spiro atoms. The number of hydrogen-bond acceptors (Lipinski definition) is 1. The maximum atomic E-state index is 9.06. The van der Waals surface area contributed by atoms with Crippen LogP contribution in [0.3, 0.4) is 0 Å². The molecule has 7 aromatic rings. The number of para-hydroxylation sites is 1.